The molecule has 148 valence electrons. The second-order valence-corrected chi connectivity index (χ2v) is 8.86. The Labute approximate surface area is 162 Å². The van der Waals surface area contributed by atoms with Gasteiger partial charge in [0.25, 0.3) is 0 Å². The summed E-state index contributed by atoms with van der Waals surface area (Å²) in [6.07, 6.45) is 8.23. The quantitative estimate of drug-likeness (QED) is 0.587. The first-order valence-electron chi connectivity index (χ1n) is 10.9. The Kier molecular flexibility index (Phi) is 5.10. The summed E-state index contributed by atoms with van der Waals surface area (Å²) in [5.74, 6) is 3.85. The molecule has 3 aliphatic heterocycles. The van der Waals surface area contributed by atoms with Crippen molar-refractivity contribution >= 4 is 5.96 Å². The van der Waals surface area contributed by atoms with E-state index in [1.807, 2.05) is 12.1 Å². The van der Waals surface area contributed by atoms with E-state index in [0.29, 0.717) is 12.1 Å². The molecule has 5 fully saturated rings. The molecule has 4 heterocycles. The van der Waals surface area contributed by atoms with Gasteiger partial charge in [0.15, 0.2) is 5.96 Å². The fourth-order valence-corrected chi connectivity index (χ4v) is 5.60. The minimum absolute atomic E-state index is 0.580. The lowest BCUT2D eigenvalue weighted by Gasteiger charge is -2.47. The van der Waals surface area contributed by atoms with Gasteiger partial charge in [-0.25, -0.2) is 0 Å². The monoisotopic (exact) mass is 371 g/mol. The molecule has 6 heteroatoms. The Morgan fingerprint density at radius 1 is 1.19 bits per heavy atom. The maximum atomic E-state index is 5.47. The van der Waals surface area contributed by atoms with Crippen LogP contribution in [-0.2, 0) is 6.42 Å². The number of nitrogens with one attached hydrogen (secondary N) is 2. The van der Waals surface area contributed by atoms with Crippen LogP contribution in [0, 0.1) is 11.8 Å². The number of furan rings is 1. The van der Waals surface area contributed by atoms with Gasteiger partial charge in [-0.05, 0) is 43.2 Å². The van der Waals surface area contributed by atoms with Gasteiger partial charge in [-0.1, -0.05) is 6.42 Å². The Hall–Kier alpha value is -1.53. The molecule has 2 aliphatic carbocycles. The molecular weight excluding hydrogens is 338 g/mol. The molecule has 4 atom stereocenters. The van der Waals surface area contributed by atoms with Crippen molar-refractivity contribution in [2.24, 2.45) is 16.8 Å². The zero-order chi connectivity index (χ0) is 18.1. The van der Waals surface area contributed by atoms with Crippen molar-refractivity contribution < 1.29 is 4.42 Å². The topological polar surface area (TPSA) is 56.0 Å². The van der Waals surface area contributed by atoms with E-state index < -0.39 is 0 Å². The normalized spacial score (nSPS) is 37.7. The van der Waals surface area contributed by atoms with Crippen LogP contribution in [0.5, 0.6) is 0 Å². The number of aliphatic imine (C=N–C) groups is 1. The smallest absolute Gasteiger partial charge is 0.191 e. The van der Waals surface area contributed by atoms with Gasteiger partial charge in [-0.15, -0.1) is 0 Å². The highest BCUT2D eigenvalue weighted by Gasteiger charge is 2.40. The minimum Gasteiger partial charge on any atom is -0.469 e. The molecule has 1 aromatic heterocycles. The third-order valence-electron chi connectivity index (χ3n) is 7.16. The summed E-state index contributed by atoms with van der Waals surface area (Å²) in [6, 6.07) is 5.20. The number of guanidine groups is 1. The summed E-state index contributed by atoms with van der Waals surface area (Å²) in [5.41, 5.74) is 0. The molecule has 0 aromatic carbocycles. The standard InChI is InChI=1S/C21H33N5O/c1-2-19(27-11-1)5-6-22-21(24-20-13-16-3-4-17(20)12-16)23-14-18-15-25-7-9-26(18)10-8-25/h1-2,11,16-18,20H,3-10,12-15H2,(H2,22,23,24). The molecular formula is C21H33N5O. The lowest BCUT2D eigenvalue weighted by Crippen LogP contribution is -2.62. The molecule has 2 saturated carbocycles. The van der Waals surface area contributed by atoms with Crippen LogP contribution in [-0.4, -0.2) is 73.7 Å². The van der Waals surface area contributed by atoms with Gasteiger partial charge in [0.1, 0.15) is 5.76 Å². The lowest BCUT2D eigenvalue weighted by molar-refractivity contribution is 0.0174. The Morgan fingerprint density at radius 3 is 2.78 bits per heavy atom. The Bertz CT molecular complexity index is 637. The molecule has 0 radical (unpaired) electrons. The number of hydrogen-bond acceptors (Lipinski definition) is 4. The van der Waals surface area contributed by atoms with E-state index in [2.05, 4.69) is 20.4 Å². The average molecular weight is 372 g/mol. The highest BCUT2D eigenvalue weighted by Crippen LogP contribution is 2.44. The minimum atomic E-state index is 0.580. The molecule has 4 unspecified atom stereocenters. The molecule has 0 spiro atoms. The van der Waals surface area contributed by atoms with Crippen LogP contribution in [0.15, 0.2) is 27.8 Å². The number of nitrogens with zero attached hydrogens (tertiary/aromatic N) is 3. The van der Waals surface area contributed by atoms with Gasteiger partial charge in [-0.2, -0.15) is 0 Å². The number of piperazine rings is 3. The maximum Gasteiger partial charge on any atom is 0.191 e. The Morgan fingerprint density at radius 2 is 2.11 bits per heavy atom. The van der Waals surface area contributed by atoms with Crippen molar-refractivity contribution in [2.75, 3.05) is 45.8 Å². The van der Waals surface area contributed by atoms with Gasteiger partial charge in [-0.3, -0.25) is 14.8 Å². The molecule has 3 saturated heterocycles. The number of hydrogen-bond donors (Lipinski definition) is 2. The highest BCUT2D eigenvalue weighted by molar-refractivity contribution is 5.80. The van der Waals surface area contributed by atoms with Crippen LogP contribution in [0.3, 0.4) is 0 Å². The molecule has 1 aromatic rings. The predicted molar refractivity (Wildman–Crippen MR) is 107 cm³/mol. The summed E-state index contributed by atoms with van der Waals surface area (Å²) in [7, 11) is 0. The number of fused-ring (bicyclic) bond motifs is 5. The summed E-state index contributed by atoms with van der Waals surface area (Å²) in [4.78, 5) is 10.2. The average Bonchev–Trinajstić information content (AvgIpc) is 3.45. The lowest BCUT2D eigenvalue weighted by atomic mass is 9.95. The van der Waals surface area contributed by atoms with Gasteiger partial charge in [0, 0.05) is 57.8 Å². The van der Waals surface area contributed by atoms with Gasteiger partial charge >= 0.3 is 0 Å². The third kappa shape index (κ3) is 4.02. The van der Waals surface area contributed by atoms with Gasteiger partial charge < -0.3 is 15.1 Å². The zero-order valence-electron chi connectivity index (χ0n) is 16.3. The van der Waals surface area contributed by atoms with Crippen molar-refractivity contribution in [1.29, 1.82) is 0 Å². The van der Waals surface area contributed by atoms with Crippen LogP contribution < -0.4 is 10.6 Å². The first kappa shape index (κ1) is 17.6. The zero-order valence-corrected chi connectivity index (χ0v) is 16.3. The fraction of sp³-hybridized carbons (Fsp3) is 0.762. The second kappa shape index (κ2) is 7.84. The van der Waals surface area contributed by atoms with E-state index in [1.54, 1.807) is 6.26 Å². The van der Waals surface area contributed by atoms with Crippen LogP contribution >= 0.6 is 0 Å². The van der Waals surface area contributed by atoms with Crippen molar-refractivity contribution in [2.45, 2.75) is 44.2 Å². The van der Waals surface area contributed by atoms with Gasteiger partial charge in [0.2, 0.25) is 0 Å². The first-order chi connectivity index (χ1) is 13.3. The maximum absolute atomic E-state index is 5.47. The largest absolute Gasteiger partial charge is 0.469 e. The van der Waals surface area contributed by atoms with E-state index in [4.69, 9.17) is 9.41 Å². The number of rotatable bonds is 6. The van der Waals surface area contributed by atoms with Crippen molar-refractivity contribution in [1.82, 2.24) is 20.4 Å². The summed E-state index contributed by atoms with van der Waals surface area (Å²) in [5, 5.41) is 7.36. The second-order valence-electron chi connectivity index (χ2n) is 8.86. The van der Waals surface area contributed by atoms with Crippen LogP contribution in [0.1, 0.15) is 31.4 Å². The molecule has 4 bridgehead atoms. The molecule has 27 heavy (non-hydrogen) atoms. The predicted octanol–water partition coefficient (Wildman–Crippen LogP) is 1.55. The van der Waals surface area contributed by atoms with E-state index in [0.717, 1.165) is 43.1 Å². The SMILES string of the molecule is c1coc(CCNC(=NCC2CN3CCN2CC3)NC2CC3CCC2C3)c1. The van der Waals surface area contributed by atoms with Crippen LogP contribution in [0.4, 0.5) is 0 Å². The molecule has 0 amide bonds. The summed E-state index contributed by atoms with van der Waals surface area (Å²) >= 11 is 0. The summed E-state index contributed by atoms with van der Waals surface area (Å²) in [6.45, 7) is 7.82. The van der Waals surface area contributed by atoms with Crippen molar-refractivity contribution in [3.05, 3.63) is 24.2 Å². The molecule has 6 rings (SSSR count). The molecule has 6 nitrogen and oxygen atoms in total. The Balaban J connectivity index is 1.20. The van der Waals surface area contributed by atoms with E-state index in [-0.39, 0.29) is 0 Å². The van der Waals surface area contributed by atoms with Crippen LogP contribution in [0.2, 0.25) is 0 Å². The highest BCUT2D eigenvalue weighted by atomic mass is 16.3. The third-order valence-corrected chi connectivity index (χ3v) is 7.16. The van der Waals surface area contributed by atoms with Crippen LogP contribution in [0.25, 0.3) is 0 Å². The molecule has 2 N–H and O–H groups in total. The first-order valence-corrected chi connectivity index (χ1v) is 10.9. The summed E-state index contributed by atoms with van der Waals surface area (Å²) < 4.78 is 5.47. The fourth-order valence-electron chi connectivity index (χ4n) is 5.60. The van der Waals surface area contributed by atoms with E-state index >= 15 is 0 Å². The molecule has 5 aliphatic rings. The van der Waals surface area contributed by atoms with E-state index in [9.17, 15) is 0 Å². The van der Waals surface area contributed by atoms with Crippen molar-refractivity contribution in [3.8, 4) is 0 Å². The van der Waals surface area contributed by atoms with Gasteiger partial charge in [0.05, 0.1) is 12.8 Å². The van der Waals surface area contributed by atoms with Crippen molar-refractivity contribution in [3.63, 3.8) is 0 Å². The van der Waals surface area contributed by atoms with E-state index in [1.165, 1.54) is 58.4 Å².